The molecule has 0 amide bonds. The zero-order valence-corrected chi connectivity index (χ0v) is 13.6. The van der Waals surface area contributed by atoms with Gasteiger partial charge in [0.1, 0.15) is 0 Å². The van der Waals surface area contributed by atoms with E-state index in [-0.39, 0.29) is 6.54 Å². The number of hydrogen-bond acceptors (Lipinski definition) is 2. The minimum atomic E-state index is -4.43. The van der Waals surface area contributed by atoms with Crippen LogP contribution in [-0.4, -0.2) is 9.78 Å². The number of hydrogen-bond donors (Lipinski definition) is 0. The highest BCUT2D eigenvalue weighted by molar-refractivity contribution is 6.30. The van der Waals surface area contributed by atoms with E-state index >= 15 is 0 Å². The summed E-state index contributed by atoms with van der Waals surface area (Å²) in [6.07, 6.45) is -4.43. The Labute approximate surface area is 146 Å². The molecule has 3 aromatic rings. The van der Waals surface area contributed by atoms with Crippen molar-refractivity contribution in [2.45, 2.75) is 12.7 Å². The molecule has 0 saturated carbocycles. The van der Waals surface area contributed by atoms with Gasteiger partial charge in [0.2, 0.25) is 0 Å². The van der Waals surface area contributed by atoms with Crippen LogP contribution in [0, 0.1) is 0 Å². The van der Waals surface area contributed by atoms with E-state index in [0.717, 1.165) is 22.4 Å². The van der Waals surface area contributed by atoms with Crippen molar-refractivity contribution in [1.82, 2.24) is 9.78 Å². The highest BCUT2D eigenvalue weighted by Crippen LogP contribution is 2.29. The Morgan fingerprint density at radius 1 is 1.00 bits per heavy atom. The molecule has 0 saturated heterocycles. The number of benzene rings is 2. The molecule has 7 heteroatoms. The first kappa shape index (κ1) is 17.2. The van der Waals surface area contributed by atoms with Gasteiger partial charge < -0.3 is 0 Å². The fraction of sp³-hybridized carbons (Fsp3) is 0.111. The minimum Gasteiger partial charge on any atom is -0.268 e. The summed E-state index contributed by atoms with van der Waals surface area (Å²) in [7, 11) is 0. The second-order valence-corrected chi connectivity index (χ2v) is 5.86. The number of nitrogens with zero attached hydrogens (tertiary/aromatic N) is 2. The molecular formula is C18H12ClF3N2O. The van der Waals surface area contributed by atoms with Crippen molar-refractivity contribution in [2.75, 3.05) is 0 Å². The Balaban J connectivity index is 1.94. The fourth-order valence-electron chi connectivity index (χ4n) is 2.36. The van der Waals surface area contributed by atoms with Gasteiger partial charge in [-0.3, -0.25) is 4.79 Å². The molecule has 1 heterocycles. The van der Waals surface area contributed by atoms with Gasteiger partial charge in [0, 0.05) is 16.7 Å². The first-order chi connectivity index (χ1) is 11.8. The van der Waals surface area contributed by atoms with E-state index in [0.29, 0.717) is 16.3 Å². The van der Waals surface area contributed by atoms with Gasteiger partial charge in [-0.05, 0) is 35.9 Å². The van der Waals surface area contributed by atoms with E-state index in [1.807, 2.05) is 0 Å². The van der Waals surface area contributed by atoms with Crippen LogP contribution in [0.2, 0.25) is 5.02 Å². The van der Waals surface area contributed by atoms with Crippen LogP contribution in [0.1, 0.15) is 11.1 Å². The summed E-state index contributed by atoms with van der Waals surface area (Å²) in [5, 5.41) is 4.81. The summed E-state index contributed by atoms with van der Waals surface area (Å²) >= 11 is 5.85. The molecule has 0 N–H and O–H groups in total. The number of alkyl halides is 3. The quantitative estimate of drug-likeness (QED) is 0.679. The molecule has 1 aromatic heterocycles. The summed E-state index contributed by atoms with van der Waals surface area (Å²) in [5.41, 5.74) is 0.477. The van der Waals surface area contributed by atoms with E-state index in [2.05, 4.69) is 5.10 Å². The standard InChI is InChI=1S/C18H12ClF3N2O/c19-15-6-4-13(5-7-15)16-8-9-17(25)24(23-16)11-12-2-1-3-14(10-12)18(20,21)22/h1-10H,11H2. The third-order valence-electron chi connectivity index (χ3n) is 3.59. The second kappa shape index (κ2) is 6.72. The largest absolute Gasteiger partial charge is 0.416 e. The first-order valence-corrected chi connectivity index (χ1v) is 7.71. The van der Waals surface area contributed by atoms with Crippen LogP contribution in [0.5, 0.6) is 0 Å². The lowest BCUT2D eigenvalue weighted by Crippen LogP contribution is -2.23. The van der Waals surface area contributed by atoms with Crippen molar-refractivity contribution < 1.29 is 13.2 Å². The molecule has 0 unspecified atom stereocenters. The van der Waals surface area contributed by atoms with Gasteiger partial charge in [-0.15, -0.1) is 0 Å². The molecular weight excluding hydrogens is 353 g/mol. The fourth-order valence-corrected chi connectivity index (χ4v) is 2.48. The van der Waals surface area contributed by atoms with Gasteiger partial charge in [0.15, 0.2) is 0 Å². The zero-order chi connectivity index (χ0) is 18.0. The monoisotopic (exact) mass is 364 g/mol. The lowest BCUT2D eigenvalue weighted by molar-refractivity contribution is -0.137. The topological polar surface area (TPSA) is 34.9 Å². The Kier molecular flexibility index (Phi) is 4.63. The van der Waals surface area contributed by atoms with Gasteiger partial charge in [-0.2, -0.15) is 18.3 Å². The zero-order valence-electron chi connectivity index (χ0n) is 12.8. The minimum absolute atomic E-state index is 0.0514. The normalized spacial score (nSPS) is 11.5. The van der Waals surface area contributed by atoms with Gasteiger partial charge in [0.25, 0.3) is 5.56 Å². The molecule has 0 radical (unpaired) electrons. The molecule has 128 valence electrons. The van der Waals surface area contributed by atoms with Crippen LogP contribution in [0.3, 0.4) is 0 Å². The molecule has 0 aliphatic carbocycles. The van der Waals surface area contributed by atoms with E-state index in [1.54, 1.807) is 30.3 Å². The van der Waals surface area contributed by atoms with Crippen LogP contribution in [0.15, 0.2) is 65.5 Å². The molecule has 0 atom stereocenters. The second-order valence-electron chi connectivity index (χ2n) is 5.42. The SMILES string of the molecule is O=c1ccc(-c2ccc(Cl)cc2)nn1Cc1cccc(C(F)(F)F)c1. The van der Waals surface area contributed by atoms with Crippen LogP contribution < -0.4 is 5.56 Å². The number of halogens is 4. The van der Waals surface area contributed by atoms with Crippen LogP contribution in [0.4, 0.5) is 13.2 Å². The average molecular weight is 365 g/mol. The van der Waals surface area contributed by atoms with Crippen molar-refractivity contribution in [1.29, 1.82) is 0 Å². The highest BCUT2D eigenvalue weighted by Gasteiger charge is 2.30. The van der Waals surface area contributed by atoms with Crippen molar-refractivity contribution >= 4 is 11.6 Å². The third kappa shape index (κ3) is 4.09. The third-order valence-corrected chi connectivity index (χ3v) is 3.85. The average Bonchev–Trinajstić information content (AvgIpc) is 2.57. The summed E-state index contributed by atoms with van der Waals surface area (Å²) in [6, 6.07) is 14.6. The van der Waals surface area contributed by atoms with Gasteiger partial charge in [-0.1, -0.05) is 35.9 Å². The highest BCUT2D eigenvalue weighted by atomic mass is 35.5. The van der Waals surface area contributed by atoms with E-state index in [4.69, 9.17) is 11.6 Å². The molecule has 0 bridgehead atoms. The molecule has 0 aliphatic heterocycles. The van der Waals surface area contributed by atoms with E-state index in [9.17, 15) is 18.0 Å². The first-order valence-electron chi connectivity index (χ1n) is 7.33. The van der Waals surface area contributed by atoms with Crippen LogP contribution >= 0.6 is 11.6 Å². The summed E-state index contributed by atoms with van der Waals surface area (Å²) in [6.45, 7) is -0.0514. The van der Waals surface area contributed by atoms with Gasteiger partial charge in [0.05, 0.1) is 17.8 Å². The maximum absolute atomic E-state index is 12.8. The Hall–Kier alpha value is -2.60. The Bertz CT molecular complexity index is 950. The summed E-state index contributed by atoms with van der Waals surface area (Å²) in [4.78, 5) is 12.0. The lowest BCUT2D eigenvalue weighted by Gasteiger charge is -2.10. The van der Waals surface area contributed by atoms with Crippen molar-refractivity contribution in [2.24, 2.45) is 0 Å². The molecule has 0 fully saturated rings. The summed E-state index contributed by atoms with van der Waals surface area (Å²) < 4.78 is 39.6. The Morgan fingerprint density at radius 2 is 1.72 bits per heavy atom. The number of rotatable bonds is 3. The predicted octanol–water partition coefficient (Wildman–Crippen LogP) is 4.63. The molecule has 0 spiro atoms. The Morgan fingerprint density at radius 3 is 2.40 bits per heavy atom. The molecule has 3 nitrogen and oxygen atoms in total. The van der Waals surface area contributed by atoms with Crippen molar-refractivity contribution in [3.63, 3.8) is 0 Å². The molecule has 25 heavy (non-hydrogen) atoms. The van der Waals surface area contributed by atoms with E-state index < -0.39 is 17.3 Å². The molecule has 3 rings (SSSR count). The number of aromatic nitrogens is 2. The van der Waals surface area contributed by atoms with E-state index in [1.165, 1.54) is 18.2 Å². The van der Waals surface area contributed by atoms with Gasteiger partial charge >= 0.3 is 6.18 Å². The van der Waals surface area contributed by atoms with Crippen LogP contribution in [-0.2, 0) is 12.7 Å². The maximum Gasteiger partial charge on any atom is 0.416 e. The lowest BCUT2D eigenvalue weighted by atomic mass is 10.1. The van der Waals surface area contributed by atoms with Crippen molar-refractivity contribution in [3.8, 4) is 11.3 Å². The molecule has 2 aromatic carbocycles. The van der Waals surface area contributed by atoms with Crippen LogP contribution in [0.25, 0.3) is 11.3 Å². The predicted molar refractivity (Wildman–Crippen MR) is 89.5 cm³/mol. The maximum atomic E-state index is 12.8. The summed E-state index contributed by atoms with van der Waals surface area (Å²) in [5.74, 6) is 0. The van der Waals surface area contributed by atoms with Gasteiger partial charge in [-0.25, -0.2) is 4.68 Å². The van der Waals surface area contributed by atoms with Crippen molar-refractivity contribution in [3.05, 3.63) is 87.2 Å². The smallest absolute Gasteiger partial charge is 0.268 e. The molecule has 0 aliphatic rings.